The fourth-order valence-electron chi connectivity index (χ4n) is 3.39. The van der Waals surface area contributed by atoms with Gasteiger partial charge in [0.1, 0.15) is 10.6 Å². The van der Waals surface area contributed by atoms with E-state index in [1.54, 1.807) is 30.3 Å². The van der Waals surface area contributed by atoms with Crippen LogP contribution in [-0.4, -0.2) is 55.4 Å². The van der Waals surface area contributed by atoms with E-state index in [2.05, 4.69) is 10.3 Å². The molecule has 0 spiro atoms. The van der Waals surface area contributed by atoms with Crippen molar-refractivity contribution in [3.63, 3.8) is 0 Å². The Hall–Kier alpha value is -2.98. The number of nitrogens with one attached hydrogen (secondary N) is 1. The molecule has 1 aliphatic heterocycles. The Morgan fingerprint density at radius 3 is 2.56 bits per heavy atom. The second-order valence-corrected chi connectivity index (χ2v) is 9.30. The summed E-state index contributed by atoms with van der Waals surface area (Å²) in [5.41, 5.74) is 0.496. The zero-order chi connectivity index (χ0) is 23.1. The van der Waals surface area contributed by atoms with Crippen LogP contribution in [0, 0.1) is 5.92 Å². The van der Waals surface area contributed by atoms with Crippen LogP contribution >= 0.6 is 0 Å². The fourth-order valence-corrected chi connectivity index (χ4v) is 4.82. The number of esters is 1. The summed E-state index contributed by atoms with van der Waals surface area (Å²) in [6.45, 7) is 4.18. The number of hydrogen-bond acceptors (Lipinski definition) is 7. The maximum atomic E-state index is 12.7. The van der Waals surface area contributed by atoms with Crippen LogP contribution in [0.15, 0.2) is 53.7 Å². The first-order valence-corrected chi connectivity index (χ1v) is 11.9. The summed E-state index contributed by atoms with van der Waals surface area (Å²) in [6, 6.07) is 10.1. The van der Waals surface area contributed by atoms with Crippen LogP contribution < -0.4 is 10.1 Å². The van der Waals surface area contributed by atoms with Crippen LogP contribution in [0.25, 0.3) is 0 Å². The van der Waals surface area contributed by atoms with Gasteiger partial charge in [-0.25, -0.2) is 8.42 Å². The fraction of sp³-hybridized carbons (Fsp3) is 0.409. The molecular formula is C22H27N3O6S. The first-order valence-electron chi connectivity index (χ1n) is 10.5. The van der Waals surface area contributed by atoms with Crippen LogP contribution in [0.2, 0.25) is 0 Å². The van der Waals surface area contributed by atoms with Gasteiger partial charge in [-0.05, 0) is 51.0 Å². The molecule has 0 bridgehead atoms. The van der Waals surface area contributed by atoms with E-state index in [1.165, 1.54) is 29.7 Å². The second kappa shape index (κ2) is 10.6. The van der Waals surface area contributed by atoms with Gasteiger partial charge in [-0.15, -0.1) is 0 Å². The number of nitrogens with zero attached hydrogens (tertiary/aromatic N) is 2. The minimum absolute atomic E-state index is 0.124. The van der Waals surface area contributed by atoms with E-state index >= 15 is 0 Å². The Morgan fingerprint density at radius 2 is 1.91 bits per heavy atom. The van der Waals surface area contributed by atoms with Gasteiger partial charge < -0.3 is 14.8 Å². The molecule has 1 aliphatic rings. The van der Waals surface area contributed by atoms with Gasteiger partial charge in [0.15, 0.2) is 6.10 Å². The Morgan fingerprint density at radius 1 is 1.19 bits per heavy atom. The maximum Gasteiger partial charge on any atom is 0.309 e. The predicted octanol–water partition coefficient (Wildman–Crippen LogP) is 2.45. The van der Waals surface area contributed by atoms with Crippen molar-refractivity contribution in [1.29, 1.82) is 0 Å². The lowest BCUT2D eigenvalue weighted by molar-refractivity contribution is -0.158. The van der Waals surface area contributed by atoms with Gasteiger partial charge in [0.2, 0.25) is 10.0 Å². The molecule has 0 saturated carbocycles. The van der Waals surface area contributed by atoms with Gasteiger partial charge in [-0.2, -0.15) is 4.31 Å². The monoisotopic (exact) mass is 461 g/mol. The molecule has 1 aromatic heterocycles. The van der Waals surface area contributed by atoms with Crippen molar-refractivity contribution in [3.8, 4) is 5.75 Å². The summed E-state index contributed by atoms with van der Waals surface area (Å²) in [4.78, 5) is 29.0. The minimum atomic E-state index is -3.65. The first kappa shape index (κ1) is 23.7. The highest BCUT2D eigenvalue weighted by atomic mass is 32.2. The summed E-state index contributed by atoms with van der Waals surface area (Å²) in [6.07, 6.45) is 2.45. The molecule has 1 atom stereocenters. The van der Waals surface area contributed by atoms with E-state index in [9.17, 15) is 18.0 Å². The Balaban J connectivity index is 1.53. The molecule has 1 N–H and O–H groups in total. The normalized spacial score (nSPS) is 16.2. The van der Waals surface area contributed by atoms with Crippen LogP contribution in [0.1, 0.15) is 26.7 Å². The van der Waals surface area contributed by atoms with Gasteiger partial charge in [0.05, 0.1) is 18.2 Å². The molecule has 172 valence electrons. The average molecular weight is 462 g/mol. The molecule has 3 rings (SSSR count). The number of anilines is 1. The van der Waals surface area contributed by atoms with E-state index < -0.39 is 33.9 Å². The third-order valence-corrected chi connectivity index (χ3v) is 7.05. The highest BCUT2D eigenvalue weighted by Gasteiger charge is 2.34. The van der Waals surface area contributed by atoms with E-state index in [4.69, 9.17) is 9.47 Å². The van der Waals surface area contributed by atoms with Gasteiger partial charge in [-0.1, -0.05) is 12.1 Å². The van der Waals surface area contributed by atoms with E-state index in [1.807, 2.05) is 6.92 Å². The standard InChI is InChI=1S/C22H27N3O6S/c1-3-30-20-9-5-4-8-19(20)24-21(26)16(2)31-22(27)17-10-13-25(14-11-17)32(28,29)18-7-6-12-23-15-18/h4-9,12,15-17H,3,10-11,13-14H2,1-2H3,(H,24,26). The Labute approximate surface area is 187 Å². The van der Waals surface area contributed by atoms with Crippen LogP contribution in [0.5, 0.6) is 5.75 Å². The molecule has 32 heavy (non-hydrogen) atoms. The highest BCUT2D eigenvalue weighted by molar-refractivity contribution is 7.89. The Kier molecular flexibility index (Phi) is 7.81. The average Bonchev–Trinajstić information content (AvgIpc) is 2.81. The van der Waals surface area contributed by atoms with E-state index in [-0.39, 0.29) is 18.0 Å². The number of pyridine rings is 1. The zero-order valence-corrected chi connectivity index (χ0v) is 18.9. The largest absolute Gasteiger partial charge is 0.492 e. The van der Waals surface area contributed by atoms with Crippen LogP contribution in [-0.2, 0) is 24.3 Å². The molecule has 1 amide bonds. The third-order valence-electron chi connectivity index (χ3n) is 5.17. The Bertz CT molecular complexity index is 1040. The third kappa shape index (κ3) is 5.63. The number of amides is 1. The van der Waals surface area contributed by atoms with Gasteiger partial charge >= 0.3 is 5.97 Å². The van der Waals surface area contributed by atoms with Crippen molar-refractivity contribution in [2.24, 2.45) is 5.92 Å². The molecule has 1 saturated heterocycles. The van der Waals surface area contributed by atoms with Crippen molar-refractivity contribution in [2.45, 2.75) is 37.7 Å². The molecule has 0 aliphatic carbocycles. The zero-order valence-electron chi connectivity index (χ0n) is 18.1. The number of para-hydroxylation sites is 2. The SMILES string of the molecule is CCOc1ccccc1NC(=O)C(C)OC(=O)C1CCN(S(=O)(=O)c2cccnc2)CC1. The second-order valence-electron chi connectivity index (χ2n) is 7.36. The first-order chi connectivity index (χ1) is 15.3. The van der Waals surface area contributed by atoms with Crippen LogP contribution in [0.4, 0.5) is 5.69 Å². The predicted molar refractivity (Wildman–Crippen MR) is 118 cm³/mol. The molecule has 10 heteroatoms. The maximum absolute atomic E-state index is 12.7. The molecule has 0 radical (unpaired) electrons. The number of piperidine rings is 1. The van der Waals surface area contributed by atoms with Crippen LogP contribution in [0.3, 0.4) is 0 Å². The van der Waals surface area contributed by atoms with E-state index in [0.29, 0.717) is 30.9 Å². The summed E-state index contributed by atoms with van der Waals surface area (Å²) < 4.78 is 37.6. The summed E-state index contributed by atoms with van der Waals surface area (Å²) in [5.74, 6) is -0.920. The lowest BCUT2D eigenvalue weighted by Crippen LogP contribution is -2.41. The molecule has 2 aromatic rings. The molecule has 9 nitrogen and oxygen atoms in total. The molecular weight excluding hydrogens is 434 g/mol. The molecule has 1 unspecified atom stereocenters. The number of ether oxygens (including phenoxy) is 2. The van der Waals surface area contributed by atoms with E-state index in [0.717, 1.165) is 0 Å². The van der Waals surface area contributed by atoms with Gasteiger partial charge in [0.25, 0.3) is 5.91 Å². The summed E-state index contributed by atoms with van der Waals surface area (Å²) >= 11 is 0. The number of hydrogen-bond donors (Lipinski definition) is 1. The number of sulfonamides is 1. The van der Waals surface area contributed by atoms with Crippen molar-refractivity contribution in [3.05, 3.63) is 48.8 Å². The van der Waals surface area contributed by atoms with Crippen molar-refractivity contribution < 1.29 is 27.5 Å². The number of aromatic nitrogens is 1. The minimum Gasteiger partial charge on any atom is -0.492 e. The highest BCUT2D eigenvalue weighted by Crippen LogP contribution is 2.26. The number of carbonyl (C=O) groups is 2. The van der Waals surface area contributed by atoms with Crippen molar-refractivity contribution in [2.75, 3.05) is 25.0 Å². The van der Waals surface area contributed by atoms with Crippen molar-refractivity contribution >= 4 is 27.6 Å². The topological polar surface area (TPSA) is 115 Å². The van der Waals surface area contributed by atoms with Gasteiger partial charge in [-0.3, -0.25) is 14.6 Å². The number of carbonyl (C=O) groups excluding carboxylic acids is 2. The quantitative estimate of drug-likeness (QED) is 0.601. The summed E-state index contributed by atoms with van der Waals surface area (Å²) in [7, 11) is -3.65. The molecule has 1 aromatic carbocycles. The lowest BCUT2D eigenvalue weighted by atomic mass is 9.98. The summed E-state index contributed by atoms with van der Waals surface area (Å²) in [5, 5.41) is 2.71. The van der Waals surface area contributed by atoms with Crippen molar-refractivity contribution in [1.82, 2.24) is 9.29 Å². The smallest absolute Gasteiger partial charge is 0.309 e. The lowest BCUT2D eigenvalue weighted by Gasteiger charge is -2.30. The molecule has 1 fully saturated rings. The molecule has 2 heterocycles. The number of benzene rings is 1. The number of rotatable bonds is 8. The van der Waals surface area contributed by atoms with Gasteiger partial charge in [0, 0.05) is 25.5 Å².